The second kappa shape index (κ2) is 5.04. The monoisotopic (exact) mass is 245 g/mol. The van der Waals surface area contributed by atoms with E-state index in [1.807, 2.05) is 18.2 Å². The molecule has 0 fully saturated rings. The van der Waals surface area contributed by atoms with E-state index in [1.54, 1.807) is 6.07 Å². The largest absolute Gasteiger partial charge is 0.480 e. The number of carbonyl (C=O) groups excluding carboxylic acids is 1. The van der Waals surface area contributed by atoms with Crippen LogP contribution in [0, 0.1) is 0 Å². The second-order valence-electron chi connectivity index (χ2n) is 4.39. The predicted molar refractivity (Wildman–Crippen MR) is 68.4 cm³/mol. The first-order valence-electron chi connectivity index (χ1n) is 5.91. The number of aliphatic carboxylic acids is 1. The van der Waals surface area contributed by atoms with Gasteiger partial charge in [-0.05, 0) is 43.0 Å². The van der Waals surface area contributed by atoms with Gasteiger partial charge in [0.15, 0.2) is 0 Å². The van der Waals surface area contributed by atoms with Gasteiger partial charge in [0.05, 0.1) is 0 Å². The summed E-state index contributed by atoms with van der Waals surface area (Å²) in [5.41, 5.74) is 2.77. The summed E-state index contributed by atoms with van der Waals surface area (Å²) < 4.78 is 0. The number of amides is 1. The third kappa shape index (κ3) is 2.59. The SMILES string of the molecule is CC(NC(=O)c1ccc2c(c1)CCC=C2)C(=O)O. The fraction of sp³-hybridized carbons (Fsp3) is 0.286. The van der Waals surface area contributed by atoms with E-state index >= 15 is 0 Å². The Morgan fingerprint density at radius 1 is 1.39 bits per heavy atom. The Morgan fingerprint density at radius 3 is 2.89 bits per heavy atom. The van der Waals surface area contributed by atoms with E-state index in [4.69, 9.17) is 5.11 Å². The van der Waals surface area contributed by atoms with Crippen LogP contribution in [0.4, 0.5) is 0 Å². The average molecular weight is 245 g/mol. The van der Waals surface area contributed by atoms with Crippen molar-refractivity contribution in [3.05, 3.63) is 41.0 Å². The minimum absolute atomic E-state index is 0.345. The van der Waals surface area contributed by atoms with Crippen molar-refractivity contribution in [2.24, 2.45) is 0 Å². The van der Waals surface area contributed by atoms with Gasteiger partial charge < -0.3 is 10.4 Å². The van der Waals surface area contributed by atoms with Crippen LogP contribution >= 0.6 is 0 Å². The molecule has 0 heterocycles. The molecule has 0 aliphatic heterocycles. The van der Waals surface area contributed by atoms with Crippen molar-refractivity contribution in [1.82, 2.24) is 5.32 Å². The molecule has 0 radical (unpaired) electrons. The van der Waals surface area contributed by atoms with Crippen LogP contribution in [-0.2, 0) is 11.2 Å². The lowest BCUT2D eigenvalue weighted by molar-refractivity contribution is -0.138. The Hall–Kier alpha value is -2.10. The number of carboxylic acids is 1. The summed E-state index contributed by atoms with van der Waals surface area (Å²) in [5, 5.41) is 11.2. The minimum atomic E-state index is -1.04. The third-order valence-corrected chi connectivity index (χ3v) is 3.00. The van der Waals surface area contributed by atoms with Gasteiger partial charge in [0.25, 0.3) is 5.91 Å². The molecule has 0 aromatic heterocycles. The van der Waals surface area contributed by atoms with Crippen molar-refractivity contribution in [2.45, 2.75) is 25.8 Å². The van der Waals surface area contributed by atoms with Crippen molar-refractivity contribution >= 4 is 18.0 Å². The van der Waals surface area contributed by atoms with E-state index in [0.29, 0.717) is 5.56 Å². The van der Waals surface area contributed by atoms with Crippen LogP contribution in [0.15, 0.2) is 24.3 Å². The van der Waals surface area contributed by atoms with Crippen LogP contribution < -0.4 is 5.32 Å². The van der Waals surface area contributed by atoms with Crippen LogP contribution in [0.3, 0.4) is 0 Å². The van der Waals surface area contributed by atoms with E-state index in [9.17, 15) is 9.59 Å². The number of hydrogen-bond acceptors (Lipinski definition) is 2. The Labute approximate surface area is 105 Å². The summed E-state index contributed by atoms with van der Waals surface area (Å²) in [6.07, 6.45) is 6.04. The molecule has 1 aromatic carbocycles. The molecular weight excluding hydrogens is 230 g/mol. The smallest absolute Gasteiger partial charge is 0.325 e. The molecule has 4 heteroatoms. The minimum Gasteiger partial charge on any atom is -0.480 e. The molecule has 18 heavy (non-hydrogen) atoms. The summed E-state index contributed by atoms with van der Waals surface area (Å²) in [7, 11) is 0. The van der Waals surface area contributed by atoms with Gasteiger partial charge in [0.2, 0.25) is 0 Å². The Morgan fingerprint density at radius 2 is 2.17 bits per heavy atom. The van der Waals surface area contributed by atoms with Crippen molar-refractivity contribution in [3.8, 4) is 0 Å². The molecule has 94 valence electrons. The lowest BCUT2D eigenvalue weighted by Crippen LogP contribution is -2.38. The molecular formula is C14H15NO3. The standard InChI is InChI=1S/C14H15NO3/c1-9(14(17)18)15-13(16)12-7-6-10-4-2-3-5-11(10)8-12/h2,4,6-9H,3,5H2,1H3,(H,15,16)(H,17,18). The highest BCUT2D eigenvalue weighted by molar-refractivity contribution is 5.96. The van der Waals surface area contributed by atoms with Crippen LogP contribution in [0.25, 0.3) is 6.08 Å². The van der Waals surface area contributed by atoms with E-state index < -0.39 is 12.0 Å². The highest BCUT2D eigenvalue weighted by Gasteiger charge is 2.16. The Bertz CT molecular complexity index is 520. The molecule has 4 nitrogen and oxygen atoms in total. The van der Waals surface area contributed by atoms with Crippen molar-refractivity contribution in [1.29, 1.82) is 0 Å². The van der Waals surface area contributed by atoms with E-state index in [2.05, 4.69) is 11.4 Å². The van der Waals surface area contributed by atoms with Gasteiger partial charge in [-0.2, -0.15) is 0 Å². The van der Waals surface area contributed by atoms with Crippen LogP contribution in [0.2, 0.25) is 0 Å². The number of nitrogens with one attached hydrogen (secondary N) is 1. The molecule has 1 aliphatic carbocycles. The lowest BCUT2D eigenvalue weighted by atomic mass is 9.95. The molecule has 1 atom stereocenters. The molecule has 1 aliphatic rings. The van der Waals surface area contributed by atoms with Gasteiger partial charge in [0, 0.05) is 5.56 Å². The lowest BCUT2D eigenvalue weighted by Gasteiger charge is -2.13. The second-order valence-corrected chi connectivity index (χ2v) is 4.39. The van der Waals surface area contributed by atoms with E-state index in [0.717, 1.165) is 24.0 Å². The zero-order valence-corrected chi connectivity index (χ0v) is 10.1. The maximum atomic E-state index is 11.9. The summed E-state index contributed by atoms with van der Waals surface area (Å²) in [6.45, 7) is 1.45. The van der Waals surface area contributed by atoms with Crippen LogP contribution in [0.5, 0.6) is 0 Å². The highest BCUT2D eigenvalue weighted by Crippen LogP contribution is 2.20. The summed E-state index contributed by atoms with van der Waals surface area (Å²) in [5.74, 6) is -1.38. The molecule has 1 unspecified atom stereocenters. The van der Waals surface area contributed by atoms with Crippen molar-refractivity contribution in [2.75, 3.05) is 0 Å². The molecule has 1 aromatic rings. The zero-order chi connectivity index (χ0) is 13.1. The van der Waals surface area contributed by atoms with Crippen LogP contribution in [-0.4, -0.2) is 23.0 Å². The fourth-order valence-corrected chi connectivity index (χ4v) is 1.92. The Kier molecular flexibility index (Phi) is 3.46. The number of fused-ring (bicyclic) bond motifs is 1. The van der Waals surface area contributed by atoms with Gasteiger partial charge in [0.1, 0.15) is 6.04 Å². The zero-order valence-electron chi connectivity index (χ0n) is 10.1. The van der Waals surface area contributed by atoms with Gasteiger partial charge in [-0.3, -0.25) is 9.59 Å². The first kappa shape index (κ1) is 12.4. The third-order valence-electron chi connectivity index (χ3n) is 3.00. The predicted octanol–water partition coefficient (Wildman–Crippen LogP) is 1.85. The number of carboxylic acid groups (broad SMARTS) is 1. The Balaban J connectivity index is 2.16. The number of benzene rings is 1. The summed E-state index contributed by atoms with van der Waals surface area (Å²) >= 11 is 0. The van der Waals surface area contributed by atoms with Gasteiger partial charge in [-0.25, -0.2) is 0 Å². The summed E-state index contributed by atoms with van der Waals surface area (Å²) in [6, 6.07) is 4.57. The number of rotatable bonds is 3. The van der Waals surface area contributed by atoms with E-state index in [-0.39, 0.29) is 5.91 Å². The fourth-order valence-electron chi connectivity index (χ4n) is 1.92. The molecule has 0 saturated heterocycles. The maximum Gasteiger partial charge on any atom is 0.325 e. The molecule has 0 saturated carbocycles. The van der Waals surface area contributed by atoms with Gasteiger partial charge in [-0.1, -0.05) is 18.2 Å². The molecule has 1 amide bonds. The van der Waals surface area contributed by atoms with Gasteiger partial charge >= 0.3 is 5.97 Å². The maximum absolute atomic E-state index is 11.9. The average Bonchev–Trinajstić information content (AvgIpc) is 2.37. The molecule has 2 rings (SSSR count). The van der Waals surface area contributed by atoms with Crippen LogP contribution in [0.1, 0.15) is 34.8 Å². The van der Waals surface area contributed by atoms with Crippen molar-refractivity contribution < 1.29 is 14.7 Å². The summed E-state index contributed by atoms with van der Waals surface area (Å²) in [4.78, 5) is 22.5. The topological polar surface area (TPSA) is 66.4 Å². The highest BCUT2D eigenvalue weighted by atomic mass is 16.4. The number of hydrogen-bond donors (Lipinski definition) is 2. The quantitative estimate of drug-likeness (QED) is 0.854. The normalized spacial score (nSPS) is 14.7. The number of aryl methyl sites for hydroxylation is 1. The van der Waals surface area contributed by atoms with Gasteiger partial charge in [-0.15, -0.1) is 0 Å². The number of allylic oxidation sites excluding steroid dienone is 1. The van der Waals surface area contributed by atoms with Crippen molar-refractivity contribution in [3.63, 3.8) is 0 Å². The molecule has 0 bridgehead atoms. The number of carbonyl (C=O) groups is 2. The molecule has 0 spiro atoms. The first-order chi connectivity index (χ1) is 8.58. The van der Waals surface area contributed by atoms with E-state index in [1.165, 1.54) is 6.92 Å². The molecule has 2 N–H and O–H groups in total. The first-order valence-corrected chi connectivity index (χ1v) is 5.91.